The molecule has 2 N–H and O–H groups in total. The molecule has 23 heavy (non-hydrogen) atoms. The lowest BCUT2D eigenvalue weighted by Gasteiger charge is -2.30. The normalized spacial score (nSPS) is 17.0. The number of aryl methyl sites for hydroxylation is 1. The van der Waals surface area contributed by atoms with Gasteiger partial charge in [-0.05, 0) is 19.1 Å². The number of fused-ring (bicyclic) bond motifs is 1. The molecule has 0 aliphatic carbocycles. The van der Waals surface area contributed by atoms with Crippen molar-refractivity contribution in [1.29, 1.82) is 1.43 Å². The van der Waals surface area contributed by atoms with E-state index >= 15 is 0 Å². The number of pyridine rings is 1. The van der Waals surface area contributed by atoms with Crippen molar-refractivity contribution in [3.63, 3.8) is 0 Å². The highest BCUT2D eigenvalue weighted by Gasteiger charge is 2.19. The van der Waals surface area contributed by atoms with Crippen LogP contribution in [-0.2, 0) is 6.54 Å². The molecule has 122 valence electrons. The molecule has 3 rings (SSSR count). The van der Waals surface area contributed by atoms with Gasteiger partial charge in [0.1, 0.15) is 12.8 Å². The van der Waals surface area contributed by atoms with Crippen molar-refractivity contribution >= 4 is 22.6 Å². The van der Waals surface area contributed by atoms with E-state index in [1.165, 1.54) is 11.5 Å². The van der Waals surface area contributed by atoms with Gasteiger partial charge in [-0.15, -0.1) is 0 Å². The van der Waals surface area contributed by atoms with Gasteiger partial charge < -0.3 is 19.9 Å². The van der Waals surface area contributed by atoms with Gasteiger partial charge in [-0.2, -0.15) is 0 Å². The molecule has 1 aromatic carbocycles. The molecule has 1 aliphatic heterocycles. The summed E-state index contributed by atoms with van der Waals surface area (Å²) < 4.78 is 30.6. The van der Waals surface area contributed by atoms with Crippen LogP contribution in [0.1, 0.15) is 17.3 Å². The fourth-order valence-corrected chi connectivity index (χ4v) is 2.90. The third-order valence-corrected chi connectivity index (χ3v) is 4.11. The molecule has 1 saturated heterocycles. The average molecular weight is 321 g/mol. The summed E-state index contributed by atoms with van der Waals surface area (Å²) in [5.74, 6) is -1.62. The highest BCUT2D eigenvalue weighted by molar-refractivity contribution is 5.93. The molecule has 0 spiro atoms. The number of carboxylic acids is 1. The van der Waals surface area contributed by atoms with Gasteiger partial charge in [0.15, 0.2) is 0 Å². The second kappa shape index (κ2) is 6.00. The number of carboxylic acid groups (broad SMARTS) is 1. The molecule has 0 saturated carbocycles. The fourth-order valence-electron chi connectivity index (χ4n) is 2.90. The van der Waals surface area contributed by atoms with Crippen LogP contribution in [0.4, 0.5) is 10.1 Å². The zero-order chi connectivity index (χ0) is 18.1. The smallest absolute Gasteiger partial charge is 0.341 e. The Kier molecular flexibility index (Phi) is 3.41. The summed E-state index contributed by atoms with van der Waals surface area (Å²) in [6.07, 6.45) is 1.34. The quantitative estimate of drug-likeness (QED) is 0.890. The fraction of sp³-hybridized carbons (Fsp3) is 0.375. The standard InChI is InChI=1S/C16H18FN3O3/c1-2-19-9-11(16(22)23)15(21)10-7-12(17)14(8-13(10)19)20-5-3-18-4-6-20/h7-9,18H,2-6H2,1H3,(H,22,23)/i/hD2. The molecular formula is C16H18FN3O3. The largest absolute Gasteiger partial charge is 0.477 e. The molecule has 0 bridgehead atoms. The monoisotopic (exact) mass is 321 g/mol. The van der Waals surface area contributed by atoms with Crippen LogP contribution in [0, 0.1) is 5.82 Å². The number of hydrogen-bond donors (Lipinski definition) is 2. The van der Waals surface area contributed by atoms with E-state index in [-0.39, 0.29) is 10.9 Å². The maximum atomic E-state index is 14.6. The molecular weight excluding hydrogens is 301 g/mol. The van der Waals surface area contributed by atoms with E-state index in [0.717, 1.165) is 6.07 Å². The highest BCUT2D eigenvalue weighted by Crippen LogP contribution is 2.25. The minimum absolute atomic E-state index is 0.0742. The summed E-state index contributed by atoms with van der Waals surface area (Å²) in [4.78, 5) is 25.9. The third kappa shape index (κ3) is 2.68. The Balaban J connectivity index is 2.17. The van der Waals surface area contributed by atoms with Gasteiger partial charge >= 0.3 is 5.97 Å². The molecule has 2 heterocycles. The first-order chi connectivity index (χ1) is 12.0. The van der Waals surface area contributed by atoms with Crippen LogP contribution in [0.15, 0.2) is 23.1 Å². The molecule has 0 radical (unpaired) electrons. The molecule has 1 fully saturated rings. The van der Waals surface area contributed by atoms with Crippen LogP contribution in [0.5, 0.6) is 0 Å². The Morgan fingerprint density at radius 1 is 1.48 bits per heavy atom. The molecule has 7 heteroatoms. The van der Waals surface area contributed by atoms with Gasteiger partial charge in [0.25, 0.3) is 1.43 Å². The van der Waals surface area contributed by atoms with Crippen molar-refractivity contribution in [2.75, 3.05) is 31.1 Å². The van der Waals surface area contributed by atoms with Crippen LogP contribution in [0.2, 0.25) is 1.41 Å². The Morgan fingerprint density at radius 2 is 2.22 bits per heavy atom. The first-order valence-electron chi connectivity index (χ1n) is 8.34. The number of nitrogens with one attached hydrogen (secondary N) is 1. The summed E-state index contributed by atoms with van der Waals surface area (Å²) in [5, 5.41) is 5.40. The highest BCUT2D eigenvalue weighted by atomic mass is 19.1. The van der Waals surface area contributed by atoms with Crippen molar-refractivity contribution in [1.82, 2.24) is 9.88 Å². The number of rotatable bonds is 3. The van der Waals surface area contributed by atoms with E-state index in [1.807, 2.05) is 11.8 Å². The lowest BCUT2D eigenvalue weighted by molar-refractivity contribution is 0.0695. The van der Waals surface area contributed by atoms with Crippen molar-refractivity contribution in [2.24, 2.45) is 0 Å². The van der Waals surface area contributed by atoms with Crippen molar-refractivity contribution in [3.8, 4) is 0 Å². The minimum Gasteiger partial charge on any atom is -0.477 e. The first-order valence-corrected chi connectivity index (χ1v) is 7.49. The van der Waals surface area contributed by atoms with Gasteiger partial charge in [0.05, 0.1) is 11.2 Å². The van der Waals surface area contributed by atoms with E-state index < -0.39 is 17.2 Å². The SMILES string of the molecule is [2H]OC(=O)c1cn(CC)c2cc(N3CCN([2H])CC3)c(F)cc2c1=O. The lowest BCUT2D eigenvalue weighted by Crippen LogP contribution is -2.43. The maximum Gasteiger partial charge on any atom is 0.341 e. The van der Waals surface area contributed by atoms with E-state index in [2.05, 4.69) is 5.11 Å². The maximum absolute atomic E-state index is 14.6. The van der Waals surface area contributed by atoms with Crippen LogP contribution in [0.25, 0.3) is 12.3 Å². The molecule has 6 nitrogen and oxygen atoms in total. The van der Waals surface area contributed by atoms with Crippen LogP contribution < -0.4 is 15.6 Å². The molecule has 2 aromatic rings. The van der Waals surface area contributed by atoms with E-state index in [0.29, 0.717) is 43.9 Å². The van der Waals surface area contributed by atoms with Crippen molar-refractivity contribution < 1.29 is 15.7 Å². The third-order valence-electron chi connectivity index (χ3n) is 4.11. The van der Waals surface area contributed by atoms with Crippen LogP contribution in [0.3, 0.4) is 0 Å². The zero-order valence-electron chi connectivity index (χ0n) is 14.7. The van der Waals surface area contributed by atoms with Crippen LogP contribution in [-0.4, -0.2) is 41.8 Å². The van der Waals surface area contributed by atoms with Gasteiger partial charge in [0.2, 0.25) is 5.43 Å². The van der Waals surface area contributed by atoms with E-state index in [9.17, 15) is 14.0 Å². The average Bonchev–Trinajstić information content (AvgIpc) is 2.62. The number of aromatic carboxylic acids is 1. The molecule has 0 unspecified atom stereocenters. The topological polar surface area (TPSA) is 74.6 Å². The lowest BCUT2D eigenvalue weighted by atomic mass is 10.1. The number of halogens is 1. The minimum atomic E-state index is -1.06. The molecule has 1 aromatic heterocycles. The number of anilines is 1. The molecule has 0 amide bonds. The Morgan fingerprint density at radius 3 is 2.87 bits per heavy atom. The Labute approximate surface area is 135 Å². The van der Waals surface area contributed by atoms with Crippen molar-refractivity contribution in [2.45, 2.75) is 13.5 Å². The molecule has 0 atom stereocenters. The summed E-state index contributed by atoms with van der Waals surface area (Å²) >= 11 is 0. The number of aromatic nitrogens is 1. The number of benzene rings is 1. The molecule has 1 aliphatic rings. The second-order valence-corrected chi connectivity index (χ2v) is 5.42. The summed E-state index contributed by atoms with van der Waals surface area (Å²) in [6, 6.07) is 2.73. The number of nitrogens with zero attached hydrogens (tertiary/aromatic N) is 2. The summed E-state index contributed by atoms with van der Waals surface area (Å²) in [7, 11) is 0. The van der Waals surface area contributed by atoms with Gasteiger partial charge in [-0.1, -0.05) is 0 Å². The number of carbonyl (C=O) groups is 1. The van der Waals surface area contributed by atoms with Gasteiger partial charge in [0, 0.05) is 44.3 Å². The predicted octanol–water partition coefficient (Wildman–Crippen LogP) is 1.27. The van der Waals surface area contributed by atoms with Crippen LogP contribution >= 0.6 is 0 Å². The van der Waals surface area contributed by atoms with E-state index in [4.69, 9.17) is 2.84 Å². The predicted molar refractivity (Wildman–Crippen MR) is 85.9 cm³/mol. The van der Waals surface area contributed by atoms with Gasteiger partial charge in [-0.25, -0.2) is 9.18 Å². The summed E-state index contributed by atoms with van der Waals surface area (Å²) in [5.41, 5.74) is -0.0607. The Hall–Kier alpha value is -2.41. The zero-order valence-corrected chi connectivity index (χ0v) is 12.7. The first kappa shape index (κ1) is 13.1. The second-order valence-electron chi connectivity index (χ2n) is 5.42. The number of hydrogen-bond acceptors (Lipinski definition) is 5. The van der Waals surface area contributed by atoms with Gasteiger partial charge in [-0.3, -0.25) is 4.79 Å². The van der Waals surface area contributed by atoms with E-state index in [1.54, 1.807) is 10.6 Å². The van der Waals surface area contributed by atoms with Crippen molar-refractivity contribution in [3.05, 3.63) is 39.9 Å². The summed E-state index contributed by atoms with van der Waals surface area (Å²) in [6.45, 7) is 4.35. The Bertz CT molecular complexity index is 879. The number of piperazine rings is 1.